The molecule has 2 aliphatic carbocycles. The van der Waals surface area contributed by atoms with Crippen LogP contribution in [0.3, 0.4) is 0 Å². The van der Waals surface area contributed by atoms with E-state index in [4.69, 9.17) is 0 Å². The molecule has 2 heterocycles. The maximum absolute atomic E-state index is 12.6. The van der Waals surface area contributed by atoms with Crippen molar-refractivity contribution in [2.45, 2.75) is 57.6 Å². The highest BCUT2D eigenvalue weighted by atomic mass is 32.2. The van der Waals surface area contributed by atoms with E-state index in [1.165, 1.54) is 16.7 Å². The zero-order valence-corrected chi connectivity index (χ0v) is 19.5. The molecule has 4 rings (SSSR count). The van der Waals surface area contributed by atoms with Crippen molar-refractivity contribution in [2.24, 2.45) is 11.8 Å². The number of hydrogen-bond acceptors (Lipinski definition) is 4. The van der Waals surface area contributed by atoms with E-state index in [0.717, 1.165) is 43.5 Å². The Bertz CT molecular complexity index is 1070. The van der Waals surface area contributed by atoms with Crippen LogP contribution in [0.2, 0.25) is 0 Å². The zero-order chi connectivity index (χ0) is 22.1. The lowest BCUT2D eigenvalue weighted by Crippen LogP contribution is -2.34. The van der Waals surface area contributed by atoms with E-state index in [2.05, 4.69) is 28.2 Å². The van der Waals surface area contributed by atoms with Crippen molar-refractivity contribution >= 4 is 21.0 Å². The smallest absolute Gasteiger partial charge is 0.155 e. The number of aromatic nitrogens is 2. The Balaban J connectivity index is 1.50. The lowest BCUT2D eigenvalue weighted by Gasteiger charge is -2.31. The molecule has 0 spiro atoms. The first-order valence-electron chi connectivity index (χ1n) is 11.2. The molecule has 0 atom stereocenters. The highest BCUT2D eigenvalue weighted by molar-refractivity contribution is 7.92. The third kappa shape index (κ3) is 4.82. The third-order valence-corrected chi connectivity index (χ3v) is 9.49. The number of allylic oxidation sites excluding steroid dienone is 4. The molecule has 1 fully saturated rings. The second-order valence-electron chi connectivity index (χ2n) is 9.83. The van der Waals surface area contributed by atoms with Crippen LogP contribution in [0.25, 0.3) is 11.1 Å². The fourth-order valence-corrected chi connectivity index (χ4v) is 6.12. The summed E-state index contributed by atoms with van der Waals surface area (Å²) in [6, 6.07) is 12.1. The van der Waals surface area contributed by atoms with Gasteiger partial charge in [0.2, 0.25) is 0 Å². The Hall–Kier alpha value is -2.27. The largest absolute Gasteiger partial charge is 0.257 e. The molecule has 31 heavy (non-hydrogen) atoms. The van der Waals surface area contributed by atoms with Crippen LogP contribution in [0.15, 0.2) is 60.4 Å². The van der Waals surface area contributed by atoms with Gasteiger partial charge in [-0.05, 0) is 94.5 Å². The van der Waals surface area contributed by atoms with Gasteiger partial charge in [0.15, 0.2) is 9.84 Å². The lowest BCUT2D eigenvalue weighted by molar-refractivity contribution is 0.318. The number of rotatable bonds is 5. The quantitative estimate of drug-likeness (QED) is 0.600. The van der Waals surface area contributed by atoms with Crippen molar-refractivity contribution in [3.63, 3.8) is 0 Å². The molecule has 0 aliphatic heterocycles. The van der Waals surface area contributed by atoms with Crippen LogP contribution >= 0.6 is 0 Å². The molecule has 0 radical (unpaired) electrons. The molecule has 2 aromatic heterocycles. The minimum Gasteiger partial charge on any atom is -0.257 e. The molecule has 0 saturated heterocycles. The molecular weight excluding hydrogens is 404 g/mol. The summed E-state index contributed by atoms with van der Waals surface area (Å²) in [5.74, 6) is 1.10. The fraction of sp³-hybridized carbons (Fsp3) is 0.462. The fourth-order valence-electron chi connectivity index (χ4n) is 4.67. The Morgan fingerprint density at radius 3 is 2.06 bits per heavy atom. The van der Waals surface area contributed by atoms with E-state index in [9.17, 15) is 8.42 Å². The van der Waals surface area contributed by atoms with Gasteiger partial charge in [-0.15, -0.1) is 0 Å². The molecule has 0 unspecified atom stereocenters. The molecule has 1 saturated carbocycles. The Morgan fingerprint density at radius 2 is 1.52 bits per heavy atom. The summed E-state index contributed by atoms with van der Waals surface area (Å²) in [5.41, 5.74) is 5.86. The second kappa shape index (κ2) is 8.70. The van der Waals surface area contributed by atoms with Gasteiger partial charge in [-0.25, -0.2) is 8.42 Å². The lowest BCUT2D eigenvalue weighted by atomic mass is 9.78. The van der Waals surface area contributed by atoms with Crippen LogP contribution in [0.4, 0.5) is 0 Å². The van der Waals surface area contributed by atoms with Crippen molar-refractivity contribution in [1.29, 1.82) is 0 Å². The normalized spacial score (nSPS) is 22.5. The molecule has 0 aromatic carbocycles. The molecule has 4 nitrogen and oxygen atoms in total. The predicted molar refractivity (Wildman–Crippen MR) is 127 cm³/mol. The van der Waals surface area contributed by atoms with Gasteiger partial charge in [0.05, 0.1) is 21.9 Å². The summed E-state index contributed by atoms with van der Waals surface area (Å²) in [5, 5.41) is 0. The van der Waals surface area contributed by atoms with Gasteiger partial charge in [-0.2, -0.15) is 0 Å². The minimum atomic E-state index is -3.06. The van der Waals surface area contributed by atoms with Crippen molar-refractivity contribution < 1.29 is 8.42 Å². The second-order valence-corrected chi connectivity index (χ2v) is 12.6. The van der Waals surface area contributed by atoms with Crippen molar-refractivity contribution in [3.05, 3.63) is 71.8 Å². The van der Waals surface area contributed by atoms with E-state index >= 15 is 0 Å². The van der Waals surface area contributed by atoms with E-state index in [1.807, 2.05) is 36.7 Å². The van der Waals surface area contributed by atoms with Gasteiger partial charge in [0.25, 0.3) is 0 Å². The molecule has 2 aromatic rings. The van der Waals surface area contributed by atoms with Crippen LogP contribution in [0, 0.1) is 11.8 Å². The highest BCUT2D eigenvalue weighted by Crippen LogP contribution is 2.44. The van der Waals surface area contributed by atoms with Crippen molar-refractivity contribution in [2.75, 3.05) is 5.75 Å². The summed E-state index contributed by atoms with van der Waals surface area (Å²) < 4.78 is 24.6. The molecule has 164 valence electrons. The van der Waals surface area contributed by atoms with Crippen molar-refractivity contribution in [1.82, 2.24) is 9.97 Å². The molecule has 0 N–H and O–H groups in total. The van der Waals surface area contributed by atoms with Gasteiger partial charge >= 0.3 is 0 Å². The van der Waals surface area contributed by atoms with E-state index in [0.29, 0.717) is 11.7 Å². The van der Waals surface area contributed by atoms with E-state index < -0.39 is 14.6 Å². The highest BCUT2D eigenvalue weighted by Gasteiger charge is 2.34. The minimum absolute atomic E-state index is 0.279. The molecule has 0 bridgehead atoms. The summed E-state index contributed by atoms with van der Waals surface area (Å²) in [4.78, 5) is 9.20. The van der Waals surface area contributed by atoms with Crippen LogP contribution in [-0.2, 0) is 9.84 Å². The zero-order valence-electron chi connectivity index (χ0n) is 18.7. The first kappa shape index (κ1) is 21.9. The summed E-state index contributed by atoms with van der Waals surface area (Å²) in [7, 11) is -3.06. The third-order valence-electron chi connectivity index (χ3n) is 6.71. The van der Waals surface area contributed by atoms with Gasteiger partial charge in [0, 0.05) is 18.0 Å². The van der Waals surface area contributed by atoms with E-state index in [1.54, 1.807) is 20.8 Å². The maximum Gasteiger partial charge on any atom is 0.155 e. The first-order chi connectivity index (χ1) is 14.7. The van der Waals surface area contributed by atoms with Gasteiger partial charge in [-0.3, -0.25) is 9.97 Å². The monoisotopic (exact) mass is 436 g/mol. The van der Waals surface area contributed by atoms with Crippen LogP contribution in [0.1, 0.15) is 64.3 Å². The van der Waals surface area contributed by atoms with Crippen LogP contribution in [-0.4, -0.2) is 28.9 Å². The molecular formula is C26H32N2O2S. The number of nitrogens with zero attached hydrogens (tertiary/aromatic N) is 2. The first-order valence-corrected chi connectivity index (χ1v) is 12.9. The standard InChI is InChI=1S/C26H32N2O2S/c1-26(2,3)31(29,30)18-19-10-12-20(13-11-19)21-16-22(24-8-4-6-14-27-24)23(17-21)25-9-5-7-15-28-25/h4-9,14-16,19-20H,10-13,17-18H2,1-3H3. The van der Waals surface area contributed by atoms with Crippen LogP contribution in [0.5, 0.6) is 0 Å². The predicted octanol–water partition coefficient (Wildman–Crippen LogP) is 5.74. The summed E-state index contributed by atoms with van der Waals surface area (Å²) >= 11 is 0. The number of hydrogen-bond donors (Lipinski definition) is 0. The van der Waals surface area contributed by atoms with Crippen LogP contribution < -0.4 is 0 Å². The number of pyridine rings is 2. The maximum atomic E-state index is 12.6. The summed E-state index contributed by atoms with van der Waals surface area (Å²) in [6.45, 7) is 5.42. The Morgan fingerprint density at radius 1 is 0.903 bits per heavy atom. The van der Waals surface area contributed by atoms with Gasteiger partial charge in [-0.1, -0.05) is 23.8 Å². The molecule has 2 aliphatic rings. The van der Waals surface area contributed by atoms with E-state index in [-0.39, 0.29) is 5.92 Å². The Labute approximate surface area is 186 Å². The number of sulfone groups is 1. The topological polar surface area (TPSA) is 59.9 Å². The molecule has 5 heteroatoms. The van der Waals surface area contributed by atoms with Crippen molar-refractivity contribution in [3.8, 4) is 0 Å². The van der Waals surface area contributed by atoms with Gasteiger partial charge in [0.1, 0.15) is 0 Å². The SMILES string of the molecule is CC(C)(C)S(=O)(=O)CC1CCC(C2=CC(c3ccccn3)=C(c3ccccn3)C2)CC1. The average molecular weight is 437 g/mol. The Kier molecular flexibility index (Phi) is 6.16. The average Bonchev–Trinajstić information content (AvgIpc) is 3.20. The molecule has 0 amide bonds. The summed E-state index contributed by atoms with van der Waals surface area (Å²) in [6.07, 6.45) is 11.0. The van der Waals surface area contributed by atoms with Gasteiger partial charge < -0.3 is 0 Å².